The summed E-state index contributed by atoms with van der Waals surface area (Å²) in [6, 6.07) is 9.38. The molecule has 3 aromatic rings. The number of methoxy groups -OCH3 is 1. The van der Waals surface area contributed by atoms with E-state index in [4.69, 9.17) is 29.0 Å². The van der Waals surface area contributed by atoms with Crippen molar-refractivity contribution in [2.24, 2.45) is 5.41 Å². The molecule has 1 aliphatic heterocycles. The molecule has 210 valence electrons. The van der Waals surface area contributed by atoms with Crippen LogP contribution in [-0.2, 0) is 23.9 Å². The lowest BCUT2D eigenvalue weighted by Gasteiger charge is -2.47. The molecule has 10 nitrogen and oxygen atoms in total. The Morgan fingerprint density at radius 3 is 2.55 bits per heavy atom. The van der Waals surface area contributed by atoms with Gasteiger partial charge in [-0.2, -0.15) is 0 Å². The number of carbonyl (C=O) groups is 3. The monoisotopic (exact) mass is 549 g/mol. The third-order valence-corrected chi connectivity index (χ3v) is 7.61. The van der Waals surface area contributed by atoms with Crippen LogP contribution in [0.1, 0.15) is 58.4 Å². The zero-order valence-corrected chi connectivity index (χ0v) is 22.9. The number of hydrogen-bond donors (Lipinski definition) is 2. The number of carboxylic acids is 1. The minimum Gasteiger partial charge on any atom is -0.504 e. The Kier molecular flexibility index (Phi) is 6.81. The zero-order valence-electron chi connectivity index (χ0n) is 22.9. The molecule has 3 unspecified atom stereocenters. The van der Waals surface area contributed by atoms with Crippen molar-refractivity contribution in [2.75, 3.05) is 7.11 Å². The van der Waals surface area contributed by atoms with Gasteiger partial charge in [0, 0.05) is 46.6 Å². The molecule has 0 fully saturated rings. The highest BCUT2D eigenvalue weighted by Crippen LogP contribution is 2.57. The van der Waals surface area contributed by atoms with Gasteiger partial charge in [0.05, 0.1) is 31.0 Å². The molecule has 40 heavy (non-hydrogen) atoms. The number of phenolic OH excluding ortho intramolecular Hbond substituents is 1. The number of allylic oxidation sites excluding steroid dienone is 1. The molecule has 2 heterocycles. The number of ether oxygens (including phenoxy) is 4. The summed E-state index contributed by atoms with van der Waals surface area (Å²) < 4.78 is 23.7. The number of aliphatic carboxylic acids is 1. The van der Waals surface area contributed by atoms with Gasteiger partial charge in [-0.25, -0.2) is 4.98 Å². The molecule has 10 heteroatoms. The fraction of sp³-hybridized carbons (Fsp3) is 0.400. The number of para-hydroxylation sites is 1. The zero-order chi connectivity index (χ0) is 28.9. The van der Waals surface area contributed by atoms with E-state index in [-0.39, 0.29) is 24.3 Å². The van der Waals surface area contributed by atoms with E-state index in [1.54, 1.807) is 0 Å². The third kappa shape index (κ3) is 4.57. The van der Waals surface area contributed by atoms with Crippen LogP contribution < -0.4 is 9.47 Å². The van der Waals surface area contributed by atoms with Gasteiger partial charge < -0.3 is 29.2 Å². The highest BCUT2D eigenvalue weighted by molar-refractivity contribution is 6.01. The molecule has 5 rings (SSSR count). The van der Waals surface area contributed by atoms with E-state index in [9.17, 15) is 19.5 Å². The second kappa shape index (κ2) is 10.0. The van der Waals surface area contributed by atoms with Gasteiger partial charge in [-0.15, -0.1) is 0 Å². The second-order valence-electron chi connectivity index (χ2n) is 10.9. The van der Waals surface area contributed by atoms with Gasteiger partial charge in [-0.05, 0) is 12.1 Å². The molecule has 0 saturated heterocycles. The van der Waals surface area contributed by atoms with Crippen molar-refractivity contribution < 1.29 is 43.5 Å². The van der Waals surface area contributed by atoms with E-state index in [0.717, 1.165) is 10.9 Å². The first kappa shape index (κ1) is 27.2. The van der Waals surface area contributed by atoms with Crippen LogP contribution in [0, 0.1) is 5.41 Å². The van der Waals surface area contributed by atoms with Crippen molar-refractivity contribution in [3.05, 3.63) is 47.2 Å². The van der Waals surface area contributed by atoms with Gasteiger partial charge in [-0.3, -0.25) is 14.4 Å². The largest absolute Gasteiger partial charge is 0.504 e. The number of rotatable bonds is 6. The van der Waals surface area contributed by atoms with Crippen LogP contribution in [0.2, 0.25) is 0 Å². The van der Waals surface area contributed by atoms with E-state index < -0.39 is 41.4 Å². The molecule has 0 bridgehead atoms. The van der Waals surface area contributed by atoms with E-state index in [0.29, 0.717) is 40.0 Å². The van der Waals surface area contributed by atoms with E-state index in [1.807, 2.05) is 51.1 Å². The van der Waals surface area contributed by atoms with Crippen LogP contribution >= 0.6 is 0 Å². The molecule has 1 aliphatic carbocycles. The summed E-state index contributed by atoms with van der Waals surface area (Å²) in [6.45, 7) is 6.91. The number of carbonyl (C=O) groups excluding carboxylic acids is 2. The smallest absolute Gasteiger partial charge is 0.306 e. The minimum atomic E-state index is -1.11. The Bertz CT molecular complexity index is 1590. The number of aromatic nitrogens is 1. The molecule has 0 saturated carbocycles. The number of fused-ring (bicyclic) bond motifs is 4. The number of pyridine rings is 1. The van der Waals surface area contributed by atoms with Gasteiger partial charge in [0.1, 0.15) is 11.9 Å². The van der Waals surface area contributed by atoms with Crippen LogP contribution in [0.15, 0.2) is 41.7 Å². The highest BCUT2D eigenvalue weighted by Gasteiger charge is 2.52. The van der Waals surface area contributed by atoms with E-state index in [1.165, 1.54) is 14.0 Å². The molecule has 3 atom stereocenters. The lowest BCUT2D eigenvalue weighted by atomic mass is 9.68. The molecule has 0 radical (unpaired) electrons. The van der Waals surface area contributed by atoms with Crippen LogP contribution in [0.5, 0.6) is 17.2 Å². The van der Waals surface area contributed by atoms with Crippen LogP contribution in [0.4, 0.5) is 0 Å². The molecular formula is C30H31NO9. The van der Waals surface area contributed by atoms with Gasteiger partial charge in [0.2, 0.25) is 5.75 Å². The van der Waals surface area contributed by atoms with Crippen LogP contribution in [0.3, 0.4) is 0 Å². The standard InChI is InChI=1S/C30H31NO9/c1-14-22-19(13-30(3,4)29(27(22)38-15(2)32)40-21(35)11-10-20(33)34)39-26-23(14)24-17(25(36)28(26)37-5)12-16-8-6-7-9-18(16)31-24/h6-9,12,14,27,29,36H,10-11,13H2,1-5H3,(H,33,34). The van der Waals surface area contributed by atoms with Crippen LogP contribution in [0.25, 0.3) is 21.8 Å². The number of hydrogen-bond acceptors (Lipinski definition) is 9. The lowest BCUT2D eigenvalue weighted by Crippen LogP contribution is -2.51. The van der Waals surface area contributed by atoms with Crippen molar-refractivity contribution in [1.82, 2.24) is 4.98 Å². The maximum absolute atomic E-state index is 12.7. The third-order valence-electron chi connectivity index (χ3n) is 7.61. The number of aromatic hydroxyl groups is 1. The van der Waals surface area contributed by atoms with E-state index >= 15 is 0 Å². The lowest BCUT2D eigenvalue weighted by molar-refractivity contribution is -0.177. The van der Waals surface area contributed by atoms with Gasteiger partial charge in [0.15, 0.2) is 17.6 Å². The SMILES string of the molecule is COc1c2c(c3nc4ccccc4cc3c1O)C(C)C1=C(CC(C)(C)C(OC(=O)CCC(=O)O)C1OC(C)=O)O2. The average molecular weight is 550 g/mol. The maximum atomic E-state index is 12.7. The average Bonchev–Trinajstić information content (AvgIpc) is 2.88. The number of benzene rings is 2. The highest BCUT2D eigenvalue weighted by atomic mass is 16.6. The summed E-state index contributed by atoms with van der Waals surface area (Å²) in [7, 11) is 1.45. The molecule has 1 aromatic heterocycles. The number of carboxylic acid groups (broad SMARTS) is 1. The Labute approximate surface area is 230 Å². The predicted octanol–water partition coefficient (Wildman–Crippen LogP) is 4.99. The summed E-state index contributed by atoms with van der Waals surface area (Å²) in [4.78, 5) is 40.9. The summed E-state index contributed by atoms with van der Waals surface area (Å²) in [5.74, 6) is -1.90. The summed E-state index contributed by atoms with van der Waals surface area (Å²) in [6.07, 6.45) is -2.27. The molecule has 2 N–H and O–H groups in total. The molecule has 0 spiro atoms. The first-order chi connectivity index (χ1) is 18.9. The van der Waals surface area contributed by atoms with Crippen molar-refractivity contribution in [3.63, 3.8) is 0 Å². The first-order valence-corrected chi connectivity index (χ1v) is 13.0. The Morgan fingerprint density at radius 1 is 1.15 bits per heavy atom. The minimum absolute atomic E-state index is 0.0948. The van der Waals surface area contributed by atoms with Gasteiger partial charge >= 0.3 is 17.9 Å². The summed E-state index contributed by atoms with van der Waals surface area (Å²) >= 11 is 0. The second-order valence-corrected chi connectivity index (χ2v) is 10.9. The molecule has 2 aromatic carbocycles. The number of phenols is 1. The van der Waals surface area contributed by atoms with Crippen molar-refractivity contribution in [2.45, 2.75) is 65.1 Å². The fourth-order valence-electron chi connectivity index (χ4n) is 5.80. The molecule has 0 amide bonds. The van der Waals surface area contributed by atoms with Gasteiger partial charge in [-0.1, -0.05) is 39.0 Å². The van der Waals surface area contributed by atoms with Gasteiger partial charge in [0.25, 0.3) is 0 Å². The normalized spacial score (nSPS) is 21.3. The van der Waals surface area contributed by atoms with Crippen molar-refractivity contribution in [3.8, 4) is 17.2 Å². The predicted molar refractivity (Wildman–Crippen MR) is 144 cm³/mol. The quantitative estimate of drug-likeness (QED) is 0.319. The molecular weight excluding hydrogens is 518 g/mol. The first-order valence-electron chi connectivity index (χ1n) is 13.0. The Hall–Kier alpha value is -4.34. The van der Waals surface area contributed by atoms with Crippen molar-refractivity contribution in [1.29, 1.82) is 0 Å². The molecule has 2 aliphatic rings. The number of nitrogens with zero attached hydrogens (tertiary/aromatic N) is 1. The van der Waals surface area contributed by atoms with Crippen molar-refractivity contribution >= 4 is 39.7 Å². The summed E-state index contributed by atoms with van der Waals surface area (Å²) in [5, 5.41) is 21.5. The maximum Gasteiger partial charge on any atom is 0.306 e. The Morgan fingerprint density at radius 2 is 1.88 bits per heavy atom. The fourth-order valence-corrected chi connectivity index (χ4v) is 5.80. The topological polar surface area (TPSA) is 141 Å². The Balaban J connectivity index is 1.68. The van der Waals surface area contributed by atoms with E-state index in [2.05, 4.69) is 0 Å². The number of esters is 2. The van der Waals surface area contributed by atoms with Crippen LogP contribution in [-0.4, -0.2) is 52.4 Å². The summed E-state index contributed by atoms with van der Waals surface area (Å²) in [5.41, 5.74) is 1.73.